The average Bonchev–Trinajstić information content (AvgIpc) is 3.44. The number of aryl methyl sites for hydroxylation is 1. The van der Waals surface area contributed by atoms with Crippen LogP contribution in [0.15, 0.2) is 12.4 Å². The molecule has 2 saturated heterocycles. The van der Waals surface area contributed by atoms with E-state index in [4.69, 9.17) is 4.98 Å². The number of carbonyl (C=O) groups is 1. The molecule has 2 N–H and O–H groups in total. The SMILES string of the molecule is CCCc1cnc2[nH]cc(C(C)CC(=O)N3C4CC5CC3CC(O)(C5)C4)c2c1C1CC1. The number of amides is 1. The minimum absolute atomic E-state index is 0.165. The summed E-state index contributed by atoms with van der Waals surface area (Å²) in [7, 11) is 0. The highest BCUT2D eigenvalue weighted by Gasteiger charge is 2.55. The minimum atomic E-state index is -0.504. The molecule has 0 aromatic carbocycles. The van der Waals surface area contributed by atoms with Crippen molar-refractivity contribution in [3.63, 3.8) is 0 Å². The molecular weight excluding hydrogens is 386 g/mol. The van der Waals surface area contributed by atoms with Gasteiger partial charge >= 0.3 is 0 Å². The van der Waals surface area contributed by atoms with Gasteiger partial charge in [0.25, 0.3) is 0 Å². The Hall–Kier alpha value is -1.88. The standard InChI is InChI=1S/C26H35N3O2/c1-3-4-18-13-27-25-24(23(18)17-5-6-17)21(14-28-25)15(2)7-22(30)29-19-8-16-9-20(29)12-26(31,10-16)11-19/h13-17,19-20,31H,3-12H2,1-2H3,(H,27,28). The monoisotopic (exact) mass is 421 g/mol. The second kappa shape index (κ2) is 7.06. The number of aromatic nitrogens is 2. The predicted octanol–water partition coefficient (Wildman–Crippen LogP) is 4.79. The van der Waals surface area contributed by atoms with Gasteiger partial charge in [-0.25, -0.2) is 4.98 Å². The summed E-state index contributed by atoms with van der Waals surface area (Å²) in [6.07, 6.45) is 14.2. The maximum Gasteiger partial charge on any atom is 0.223 e. The largest absolute Gasteiger partial charge is 0.390 e. The number of fused-ring (bicyclic) bond motifs is 1. The number of pyridine rings is 1. The maximum absolute atomic E-state index is 13.5. The molecule has 3 atom stereocenters. The molecule has 1 amide bonds. The second-order valence-electron chi connectivity index (χ2n) is 11.1. The number of H-pyrrole nitrogens is 1. The number of nitrogens with one attached hydrogen (secondary N) is 1. The van der Waals surface area contributed by atoms with Gasteiger partial charge in [-0.2, -0.15) is 0 Å². The zero-order chi connectivity index (χ0) is 21.3. The van der Waals surface area contributed by atoms with E-state index >= 15 is 0 Å². The van der Waals surface area contributed by atoms with Gasteiger partial charge in [-0.15, -0.1) is 0 Å². The fourth-order valence-electron chi connectivity index (χ4n) is 7.35. The first-order valence-electron chi connectivity index (χ1n) is 12.5. The van der Waals surface area contributed by atoms with Gasteiger partial charge in [-0.1, -0.05) is 20.3 Å². The smallest absolute Gasteiger partial charge is 0.223 e. The highest BCUT2D eigenvalue weighted by Crippen LogP contribution is 2.52. The molecule has 2 aromatic heterocycles. The van der Waals surface area contributed by atoms with Crippen molar-refractivity contribution in [2.24, 2.45) is 5.92 Å². The van der Waals surface area contributed by atoms with Crippen molar-refractivity contribution in [3.05, 3.63) is 29.1 Å². The van der Waals surface area contributed by atoms with E-state index in [0.29, 0.717) is 18.3 Å². The van der Waals surface area contributed by atoms with Crippen LogP contribution in [0.3, 0.4) is 0 Å². The molecule has 3 unspecified atom stereocenters. The molecular formula is C26H35N3O2. The van der Waals surface area contributed by atoms with Crippen molar-refractivity contribution >= 4 is 16.9 Å². The van der Waals surface area contributed by atoms with Gasteiger partial charge in [0.2, 0.25) is 5.91 Å². The van der Waals surface area contributed by atoms with E-state index in [0.717, 1.165) is 50.6 Å². The third-order valence-electron chi connectivity index (χ3n) is 8.56. The summed E-state index contributed by atoms with van der Waals surface area (Å²) in [5.41, 5.74) is 4.64. The normalized spacial score (nSPS) is 32.7. The molecule has 166 valence electrons. The summed E-state index contributed by atoms with van der Waals surface area (Å²) in [6, 6.07) is 0.498. The Labute approximate surface area is 184 Å². The summed E-state index contributed by atoms with van der Waals surface area (Å²) >= 11 is 0. The zero-order valence-corrected chi connectivity index (χ0v) is 18.9. The number of carbonyl (C=O) groups excluding carboxylic acids is 1. The lowest BCUT2D eigenvalue weighted by Crippen LogP contribution is -2.65. The van der Waals surface area contributed by atoms with Crippen LogP contribution >= 0.6 is 0 Å². The van der Waals surface area contributed by atoms with Crippen LogP contribution in [-0.4, -0.2) is 43.6 Å². The van der Waals surface area contributed by atoms with E-state index in [2.05, 4.69) is 36.1 Å². The summed E-state index contributed by atoms with van der Waals surface area (Å²) in [5.74, 6) is 1.72. The maximum atomic E-state index is 13.5. The zero-order valence-electron chi connectivity index (χ0n) is 18.9. The molecule has 2 aliphatic heterocycles. The molecule has 31 heavy (non-hydrogen) atoms. The van der Waals surface area contributed by atoms with Crippen molar-refractivity contribution in [2.45, 2.75) is 108 Å². The first-order chi connectivity index (χ1) is 15.0. The van der Waals surface area contributed by atoms with Crippen molar-refractivity contribution in [3.8, 4) is 0 Å². The third kappa shape index (κ3) is 3.23. The van der Waals surface area contributed by atoms with Crippen LogP contribution in [0.4, 0.5) is 0 Å². The van der Waals surface area contributed by atoms with Crippen LogP contribution in [0.2, 0.25) is 0 Å². The molecule has 0 spiro atoms. The number of piperidine rings is 2. The van der Waals surface area contributed by atoms with E-state index < -0.39 is 5.60 Å². The Morgan fingerprint density at radius 2 is 2.03 bits per heavy atom. The highest BCUT2D eigenvalue weighted by molar-refractivity contribution is 5.87. The van der Waals surface area contributed by atoms with Gasteiger partial charge in [0.1, 0.15) is 5.65 Å². The van der Waals surface area contributed by atoms with Gasteiger partial charge in [0.15, 0.2) is 0 Å². The number of aliphatic hydroxyl groups is 1. The predicted molar refractivity (Wildman–Crippen MR) is 121 cm³/mol. The third-order valence-corrected chi connectivity index (χ3v) is 8.56. The van der Waals surface area contributed by atoms with E-state index in [1.807, 2.05) is 0 Å². The number of aromatic amines is 1. The Morgan fingerprint density at radius 1 is 1.29 bits per heavy atom. The van der Waals surface area contributed by atoms with Crippen molar-refractivity contribution in [2.75, 3.05) is 0 Å². The van der Waals surface area contributed by atoms with Crippen LogP contribution in [-0.2, 0) is 11.2 Å². The van der Waals surface area contributed by atoms with E-state index in [9.17, 15) is 9.90 Å². The number of nitrogens with zero attached hydrogens (tertiary/aromatic N) is 2. The van der Waals surface area contributed by atoms with Gasteiger partial charge in [0, 0.05) is 36.3 Å². The summed E-state index contributed by atoms with van der Waals surface area (Å²) in [6.45, 7) is 4.44. The lowest BCUT2D eigenvalue weighted by Gasteiger charge is -2.59. The first kappa shape index (κ1) is 19.8. The quantitative estimate of drug-likeness (QED) is 0.704. The minimum Gasteiger partial charge on any atom is -0.390 e. The van der Waals surface area contributed by atoms with E-state index in [1.54, 1.807) is 0 Å². The van der Waals surface area contributed by atoms with Gasteiger partial charge in [-0.05, 0) is 85.8 Å². The number of hydrogen-bond acceptors (Lipinski definition) is 3. The molecule has 7 rings (SSSR count). The van der Waals surface area contributed by atoms with Crippen LogP contribution in [0.5, 0.6) is 0 Å². The van der Waals surface area contributed by atoms with Crippen LogP contribution in [0.25, 0.3) is 11.0 Å². The van der Waals surface area contributed by atoms with Crippen LogP contribution < -0.4 is 0 Å². The van der Waals surface area contributed by atoms with Crippen molar-refractivity contribution in [1.29, 1.82) is 0 Å². The van der Waals surface area contributed by atoms with Crippen molar-refractivity contribution in [1.82, 2.24) is 14.9 Å². The van der Waals surface area contributed by atoms with E-state index in [-0.39, 0.29) is 23.9 Å². The second-order valence-corrected chi connectivity index (χ2v) is 11.1. The summed E-state index contributed by atoms with van der Waals surface area (Å²) in [4.78, 5) is 23.8. The molecule has 5 fully saturated rings. The lowest BCUT2D eigenvalue weighted by molar-refractivity contribution is -0.174. The Kier molecular flexibility index (Phi) is 4.51. The fourth-order valence-corrected chi connectivity index (χ4v) is 7.35. The molecule has 0 radical (unpaired) electrons. The molecule has 5 nitrogen and oxygen atoms in total. The molecule has 5 aliphatic rings. The van der Waals surface area contributed by atoms with E-state index in [1.165, 1.54) is 34.9 Å². The molecule has 5 heteroatoms. The number of rotatable bonds is 6. The van der Waals surface area contributed by atoms with Crippen molar-refractivity contribution < 1.29 is 9.90 Å². The number of hydrogen-bond donors (Lipinski definition) is 2. The lowest BCUT2D eigenvalue weighted by atomic mass is 9.61. The van der Waals surface area contributed by atoms with Crippen LogP contribution in [0, 0.1) is 5.92 Å². The van der Waals surface area contributed by atoms with Gasteiger partial charge in [0.05, 0.1) is 5.60 Å². The molecule has 4 heterocycles. The first-order valence-corrected chi connectivity index (χ1v) is 12.5. The van der Waals surface area contributed by atoms with Gasteiger partial charge in [-0.3, -0.25) is 4.79 Å². The molecule has 2 aromatic rings. The highest BCUT2D eigenvalue weighted by atomic mass is 16.3. The summed E-state index contributed by atoms with van der Waals surface area (Å²) < 4.78 is 0. The topological polar surface area (TPSA) is 69.2 Å². The Morgan fingerprint density at radius 3 is 2.68 bits per heavy atom. The fraction of sp³-hybridized carbons (Fsp3) is 0.692. The molecule has 4 bridgehead atoms. The molecule has 3 aliphatic carbocycles. The Bertz CT molecular complexity index is 1010. The Balaban J connectivity index is 1.28. The molecule has 3 saturated carbocycles. The average molecular weight is 422 g/mol. The summed E-state index contributed by atoms with van der Waals surface area (Å²) in [5, 5.41) is 12.2. The van der Waals surface area contributed by atoms with Crippen LogP contribution in [0.1, 0.15) is 100 Å². The van der Waals surface area contributed by atoms with Gasteiger partial charge < -0.3 is 15.0 Å².